The van der Waals surface area contributed by atoms with E-state index in [1.807, 2.05) is 0 Å². The maximum atomic E-state index is 15.5. The van der Waals surface area contributed by atoms with Crippen LogP contribution in [0.1, 0.15) is 61.8 Å². The Labute approximate surface area is 377 Å². The van der Waals surface area contributed by atoms with Crippen LogP contribution in [0, 0.1) is 0 Å². The molecule has 0 N–H and O–H groups in total. The van der Waals surface area contributed by atoms with Crippen molar-refractivity contribution in [3.05, 3.63) is 22.3 Å². The van der Waals surface area contributed by atoms with Gasteiger partial charge in [0.05, 0.1) is 5.41 Å². The van der Waals surface area contributed by atoms with Gasteiger partial charge < -0.3 is 4.74 Å². The van der Waals surface area contributed by atoms with Crippen LogP contribution in [0.4, 0.5) is 0 Å². The number of carbonyl (C=O) groups is 1. The molecule has 0 heterocycles. The van der Waals surface area contributed by atoms with E-state index in [4.69, 9.17) is 4.74 Å². The molecule has 0 aliphatic heterocycles. The van der Waals surface area contributed by atoms with Crippen molar-refractivity contribution in [2.45, 2.75) is 50.5 Å². The van der Waals surface area contributed by atoms with Gasteiger partial charge in [-0.3, -0.25) is 4.79 Å². The molecule has 0 saturated heterocycles. The zero-order valence-corrected chi connectivity index (χ0v) is 36.1. The zero-order chi connectivity index (χ0) is 41.6. The standard InChI is InChI=1S/C67H14O2/c1-3-5-7(68)69-67-64-58-52-42-30-22-14-10-8-9-12-16(14)24(30)34-28-20(12)21-13(9)17-15-11(8)19-18(10)26-32(22)40-46-36(26)37-27(19)33-23(15)31-25(17)35-29(21)39-38(28)50(44(34)52)60(64)61-51(39)45(35)53-43(31)49-41(33)47(37)55-54(46)62(56(58)48(40)42)66(67,6-4-2)63(55)57(49)59(53)65(61)67/h3-6H2,1-2H3. The van der Waals surface area contributed by atoms with E-state index < -0.39 is 11.0 Å². The monoisotopic (exact) mass is 850 g/mol. The molecular weight excluding hydrogens is 837 g/mol. The molecule has 0 fully saturated rings. The first-order valence-corrected chi connectivity index (χ1v) is 26.2. The predicted molar refractivity (Wildman–Crippen MR) is 290 cm³/mol. The Hall–Kier alpha value is -8.07. The third-order valence-electron chi connectivity index (χ3n) is 24.8. The summed E-state index contributed by atoms with van der Waals surface area (Å²) in [6.45, 7) is 4.63. The summed E-state index contributed by atoms with van der Waals surface area (Å²) in [5.41, 5.74) is 4.44. The molecule has 4 aliphatic carbocycles. The smallest absolute Gasteiger partial charge is 0.307 e. The molecule has 0 unspecified atom stereocenters. The van der Waals surface area contributed by atoms with Crippen LogP contribution < -0.4 is 0 Å². The third kappa shape index (κ3) is 1.42. The Morgan fingerprint density at radius 3 is 0.609 bits per heavy atom. The van der Waals surface area contributed by atoms with E-state index in [0.717, 1.165) is 19.3 Å². The van der Waals surface area contributed by atoms with Gasteiger partial charge in [-0.2, -0.15) is 0 Å². The van der Waals surface area contributed by atoms with Gasteiger partial charge in [-0.1, -0.05) is 20.3 Å². The van der Waals surface area contributed by atoms with E-state index in [1.54, 1.807) is 259 Å². The molecule has 0 amide bonds. The van der Waals surface area contributed by atoms with Crippen LogP contribution in [0.25, 0.3) is 291 Å². The van der Waals surface area contributed by atoms with Gasteiger partial charge in [-0.15, -0.1) is 0 Å². The maximum Gasteiger partial charge on any atom is 0.307 e. The Morgan fingerprint density at radius 1 is 0.261 bits per heavy atom. The number of hydrogen-bond acceptors (Lipinski definition) is 2. The second-order valence-corrected chi connectivity index (χ2v) is 25.3. The van der Waals surface area contributed by atoms with Crippen LogP contribution in [0.15, 0.2) is 0 Å². The molecule has 32 rings (SSSR count). The number of esters is 1. The van der Waals surface area contributed by atoms with Crippen LogP contribution in [0.2, 0.25) is 0 Å². The number of rotatable bonds is 5. The van der Waals surface area contributed by atoms with Gasteiger partial charge in [0.15, 0.2) is 5.60 Å². The Kier molecular flexibility index (Phi) is 2.31. The molecule has 0 bridgehead atoms. The fraction of sp³-hybridized carbons (Fsp3) is 0.119. The minimum absolute atomic E-state index is 0.00882. The summed E-state index contributed by atoms with van der Waals surface area (Å²) < 4.78 is 8.14. The highest BCUT2D eigenvalue weighted by Gasteiger charge is 2.71. The van der Waals surface area contributed by atoms with Gasteiger partial charge in [-0.05, 0) is 315 Å². The number of carbonyl (C=O) groups excluding carboxylic acids is 1. The summed E-state index contributed by atoms with van der Waals surface area (Å²) in [6, 6.07) is 0. The van der Waals surface area contributed by atoms with E-state index in [2.05, 4.69) is 13.8 Å². The summed E-state index contributed by atoms with van der Waals surface area (Å²) >= 11 is 0. The lowest BCUT2D eigenvalue weighted by molar-refractivity contribution is -0.162. The Balaban J connectivity index is 1.22. The van der Waals surface area contributed by atoms with Gasteiger partial charge >= 0.3 is 5.97 Å². The van der Waals surface area contributed by atoms with Crippen LogP contribution in [-0.4, -0.2) is 5.97 Å². The highest BCUT2D eigenvalue weighted by atomic mass is 16.6. The van der Waals surface area contributed by atoms with E-state index in [9.17, 15) is 0 Å². The van der Waals surface area contributed by atoms with Crippen LogP contribution in [-0.2, 0) is 20.5 Å². The van der Waals surface area contributed by atoms with Crippen LogP contribution in [0.3, 0.4) is 0 Å². The van der Waals surface area contributed by atoms with Crippen LogP contribution >= 0.6 is 0 Å². The normalized spacial score (nSPS) is 21.9. The highest BCUT2D eigenvalue weighted by molar-refractivity contribution is 6.82. The molecule has 28 aromatic rings. The average molecular weight is 851 g/mol. The lowest BCUT2D eigenvalue weighted by Crippen LogP contribution is -2.54. The molecular formula is C67H14O2. The summed E-state index contributed by atoms with van der Waals surface area (Å²) in [7, 11) is 0. The highest BCUT2D eigenvalue weighted by Crippen LogP contribution is 2.85. The van der Waals surface area contributed by atoms with Gasteiger partial charge in [0.25, 0.3) is 0 Å². The number of ether oxygens (including phenoxy) is 1. The van der Waals surface area contributed by atoms with Gasteiger partial charge in [-0.25, -0.2) is 0 Å². The van der Waals surface area contributed by atoms with Crippen molar-refractivity contribution < 1.29 is 9.53 Å². The topological polar surface area (TPSA) is 26.3 Å². The second kappa shape index (κ2) is 6.02. The van der Waals surface area contributed by atoms with Crippen molar-refractivity contribution >= 4 is 297 Å². The second-order valence-electron chi connectivity index (χ2n) is 25.3. The molecule has 28 aromatic carbocycles. The fourth-order valence-electron chi connectivity index (χ4n) is 24.8. The van der Waals surface area contributed by atoms with Crippen molar-refractivity contribution in [2.75, 3.05) is 0 Å². The zero-order valence-electron chi connectivity index (χ0n) is 36.1. The van der Waals surface area contributed by atoms with E-state index in [0.29, 0.717) is 6.42 Å². The molecule has 2 nitrogen and oxygen atoms in total. The molecule has 4 aliphatic rings. The number of hydrogen-bond donors (Lipinski definition) is 0. The molecule has 294 valence electrons. The van der Waals surface area contributed by atoms with E-state index >= 15 is 4.79 Å². The minimum Gasteiger partial charge on any atom is -0.448 e. The molecule has 69 heavy (non-hydrogen) atoms. The number of benzene rings is 18. The van der Waals surface area contributed by atoms with Gasteiger partial charge in [0.1, 0.15) is 0 Å². The summed E-state index contributed by atoms with van der Waals surface area (Å²) in [5, 5.41) is 85.4. The van der Waals surface area contributed by atoms with Crippen molar-refractivity contribution in [3.8, 4) is 0 Å². The molecule has 0 radical (unpaired) electrons. The summed E-state index contributed by atoms with van der Waals surface area (Å²) in [5.74, 6) is -0.00882. The molecule has 0 aromatic heterocycles. The first kappa shape index (κ1) is 26.5. The lowest BCUT2D eigenvalue weighted by atomic mass is 9.53. The predicted octanol–water partition coefficient (Wildman–Crippen LogP) is 18.4. The van der Waals surface area contributed by atoms with Crippen LogP contribution in [0.5, 0.6) is 0 Å². The first-order valence-electron chi connectivity index (χ1n) is 26.2. The van der Waals surface area contributed by atoms with E-state index in [1.165, 1.54) is 54.2 Å². The third-order valence-corrected chi connectivity index (χ3v) is 24.8. The Bertz CT molecular complexity index is 6900. The van der Waals surface area contributed by atoms with E-state index in [-0.39, 0.29) is 5.97 Å². The molecule has 0 spiro atoms. The van der Waals surface area contributed by atoms with Crippen molar-refractivity contribution in [3.63, 3.8) is 0 Å². The quantitative estimate of drug-likeness (QED) is 0.127. The maximum absolute atomic E-state index is 15.5. The minimum atomic E-state index is -0.972. The van der Waals surface area contributed by atoms with Gasteiger partial charge in [0.2, 0.25) is 0 Å². The average Bonchev–Trinajstić information content (AvgIpc) is 4.25. The molecule has 0 atom stereocenters. The molecule has 0 saturated carbocycles. The van der Waals surface area contributed by atoms with Crippen molar-refractivity contribution in [1.29, 1.82) is 0 Å². The first-order chi connectivity index (χ1) is 34.3. The lowest BCUT2D eigenvalue weighted by Gasteiger charge is -2.53. The SMILES string of the molecule is CCCC(=O)OC12c3c4c5c6c7c8c(c9c%10c1c1c3c3c%11c4c4c5c5c7c7c%12c8c8c9c9c%10c%10c1c1c3c3c%11c%11c4c4c5c7c5c7c%12c8c8c9c9c%10c1c1c3c3c%11c4c5c4c7c8c9c1c34)C62CCC. The molecule has 2 heteroatoms. The Morgan fingerprint density at radius 2 is 0.435 bits per heavy atom. The van der Waals surface area contributed by atoms with Crippen molar-refractivity contribution in [2.24, 2.45) is 0 Å². The summed E-state index contributed by atoms with van der Waals surface area (Å²) in [6.07, 6.45) is 3.20. The van der Waals surface area contributed by atoms with Gasteiger partial charge in [0, 0.05) is 17.5 Å². The summed E-state index contributed by atoms with van der Waals surface area (Å²) in [4.78, 5) is 15.5. The largest absolute Gasteiger partial charge is 0.448 e. The fourth-order valence-corrected chi connectivity index (χ4v) is 24.8. The van der Waals surface area contributed by atoms with Crippen molar-refractivity contribution in [1.82, 2.24) is 0 Å².